The molecule has 1 amide bonds. The Kier molecular flexibility index (Phi) is 5.67. The number of thiocarbonyl (C=S) groups is 1. The van der Waals surface area contributed by atoms with Crippen LogP contribution in [0.15, 0.2) is 48.5 Å². The molecule has 0 atom stereocenters. The van der Waals surface area contributed by atoms with Gasteiger partial charge in [-0.2, -0.15) is 0 Å². The molecule has 0 radical (unpaired) electrons. The van der Waals surface area contributed by atoms with Crippen molar-refractivity contribution in [3.63, 3.8) is 0 Å². The molecule has 0 aromatic heterocycles. The van der Waals surface area contributed by atoms with Crippen LogP contribution in [-0.4, -0.2) is 17.4 Å². The van der Waals surface area contributed by atoms with Crippen LogP contribution in [0.25, 0.3) is 0 Å². The van der Waals surface area contributed by atoms with Gasteiger partial charge in [-0.05, 0) is 42.7 Å². The van der Waals surface area contributed by atoms with E-state index in [4.69, 9.17) is 12.2 Å². The number of hydrogen-bond acceptors (Lipinski definition) is 2. The number of carbonyl (C=O) groups is 1. The Balaban J connectivity index is 1.94. The van der Waals surface area contributed by atoms with Gasteiger partial charge in [-0.1, -0.05) is 49.5 Å². The third kappa shape index (κ3) is 4.40. The molecule has 0 aliphatic rings. The minimum absolute atomic E-state index is 0.121. The summed E-state index contributed by atoms with van der Waals surface area (Å²) < 4.78 is 0. The Bertz CT molecular complexity index is 668. The molecule has 0 unspecified atom stereocenters. The predicted molar refractivity (Wildman–Crippen MR) is 95.6 cm³/mol. The smallest absolute Gasteiger partial charge is 0.251 e. The molecular weight excluding hydrogens is 292 g/mol. The van der Waals surface area contributed by atoms with Crippen molar-refractivity contribution in [1.29, 1.82) is 0 Å². The summed E-state index contributed by atoms with van der Waals surface area (Å²) in [5, 5.41) is 6.05. The second kappa shape index (κ2) is 7.71. The van der Waals surface area contributed by atoms with Crippen molar-refractivity contribution < 1.29 is 4.79 Å². The Morgan fingerprint density at radius 1 is 1.14 bits per heavy atom. The fourth-order valence-electron chi connectivity index (χ4n) is 2.16. The first kappa shape index (κ1) is 16.2. The topological polar surface area (TPSA) is 41.1 Å². The molecule has 114 valence electrons. The van der Waals surface area contributed by atoms with E-state index in [2.05, 4.69) is 35.8 Å². The van der Waals surface area contributed by atoms with Crippen LogP contribution in [0.3, 0.4) is 0 Å². The Morgan fingerprint density at radius 3 is 2.55 bits per heavy atom. The fourth-order valence-corrected chi connectivity index (χ4v) is 2.34. The van der Waals surface area contributed by atoms with E-state index < -0.39 is 0 Å². The zero-order chi connectivity index (χ0) is 15.9. The Hall–Kier alpha value is -2.20. The summed E-state index contributed by atoms with van der Waals surface area (Å²) in [4.78, 5) is 12.6. The molecule has 2 aromatic carbocycles. The van der Waals surface area contributed by atoms with Crippen molar-refractivity contribution in [3.8, 4) is 0 Å². The zero-order valence-corrected chi connectivity index (χ0v) is 13.7. The number of benzene rings is 2. The van der Waals surface area contributed by atoms with E-state index >= 15 is 0 Å². The van der Waals surface area contributed by atoms with Gasteiger partial charge in [0.2, 0.25) is 0 Å². The summed E-state index contributed by atoms with van der Waals surface area (Å²) in [5.41, 5.74) is 4.04. The molecule has 22 heavy (non-hydrogen) atoms. The molecule has 0 fully saturated rings. The largest absolute Gasteiger partial charge is 0.348 e. The molecule has 2 aromatic rings. The fraction of sp³-hybridized carbons (Fsp3) is 0.222. The summed E-state index contributed by atoms with van der Waals surface area (Å²) in [6, 6.07) is 15.4. The lowest BCUT2D eigenvalue weighted by Crippen LogP contribution is -2.32. The SMILES string of the molecule is CCc1ccc(C)cc1NC(=S)CNC(=O)c1ccccc1. The van der Waals surface area contributed by atoms with E-state index in [1.807, 2.05) is 25.1 Å². The number of hydrogen-bond donors (Lipinski definition) is 2. The van der Waals surface area contributed by atoms with Crippen molar-refractivity contribution in [2.24, 2.45) is 0 Å². The summed E-state index contributed by atoms with van der Waals surface area (Å²) in [6.07, 6.45) is 0.932. The number of aryl methyl sites for hydroxylation is 2. The normalized spacial score (nSPS) is 10.1. The van der Waals surface area contributed by atoms with E-state index in [-0.39, 0.29) is 5.91 Å². The van der Waals surface area contributed by atoms with E-state index in [1.165, 1.54) is 11.1 Å². The maximum absolute atomic E-state index is 12.0. The highest BCUT2D eigenvalue weighted by Crippen LogP contribution is 2.18. The van der Waals surface area contributed by atoms with Crippen LogP contribution in [0.4, 0.5) is 5.69 Å². The standard InChI is InChI=1S/C18H20N2OS/c1-3-14-10-9-13(2)11-16(14)20-17(22)12-19-18(21)15-7-5-4-6-8-15/h4-11H,3,12H2,1-2H3,(H,19,21)(H,20,22). The van der Waals surface area contributed by atoms with E-state index in [9.17, 15) is 4.79 Å². The summed E-state index contributed by atoms with van der Waals surface area (Å²) >= 11 is 5.33. The molecule has 4 heteroatoms. The lowest BCUT2D eigenvalue weighted by molar-refractivity contribution is 0.0959. The molecule has 0 saturated heterocycles. The van der Waals surface area contributed by atoms with Gasteiger partial charge in [-0.3, -0.25) is 4.79 Å². The highest BCUT2D eigenvalue weighted by molar-refractivity contribution is 7.80. The van der Waals surface area contributed by atoms with Gasteiger partial charge in [0.25, 0.3) is 5.91 Å². The van der Waals surface area contributed by atoms with E-state index in [0.717, 1.165) is 12.1 Å². The predicted octanol–water partition coefficient (Wildman–Crippen LogP) is 3.73. The van der Waals surface area contributed by atoms with Gasteiger partial charge >= 0.3 is 0 Å². The number of amides is 1. The van der Waals surface area contributed by atoms with E-state index in [0.29, 0.717) is 17.1 Å². The minimum atomic E-state index is -0.121. The quantitative estimate of drug-likeness (QED) is 0.827. The van der Waals surface area contributed by atoms with Crippen LogP contribution in [0, 0.1) is 6.92 Å². The Morgan fingerprint density at radius 2 is 1.86 bits per heavy atom. The first-order chi connectivity index (χ1) is 10.6. The van der Waals surface area contributed by atoms with Crippen molar-refractivity contribution in [3.05, 3.63) is 65.2 Å². The maximum atomic E-state index is 12.0. The third-order valence-electron chi connectivity index (χ3n) is 3.37. The van der Waals surface area contributed by atoms with Crippen molar-refractivity contribution >= 4 is 28.8 Å². The maximum Gasteiger partial charge on any atom is 0.251 e. The number of carbonyl (C=O) groups excluding carboxylic acids is 1. The molecule has 3 nitrogen and oxygen atoms in total. The summed E-state index contributed by atoms with van der Waals surface area (Å²) in [7, 11) is 0. The minimum Gasteiger partial charge on any atom is -0.348 e. The first-order valence-electron chi connectivity index (χ1n) is 7.32. The second-order valence-electron chi connectivity index (χ2n) is 5.11. The van der Waals surface area contributed by atoms with E-state index in [1.54, 1.807) is 12.1 Å². The third-order valence-corrected chi connectivity index (χ3v) is 3.61. The average molecular weight is 312 g/mol. The van der Waals surface area contributed by atoms with Gasteiger partial charge < -0.3 is 10.6 Å². The van der Waals surface area contributed by atoms with Crippen LogP contribution >= 0.6 is 12.2 Å². The van der Waals surface area contributed by atoms with Gasteiger partial charge in [-0.25, -0.2) is 0 Å². The van der Waals surface area contributed by atoms with Gasteiger partial charge in [0.1, 0.15) is 0 Å². The van der Waals surface area contributed by atoms with Gasteiger partial charge in [0, 0.05) is 11.3 Å². The van der Waals surface area contributed by atoms with Gasteiger partial charge in [-0.15, -0.1) is 0 Å². The van der Waals surface area contributed by atoms with Gasteiger partial charge in [0.05, 0.1) is 11.5 Å². The van der Waals surface area contributed by atoms with Crippen LogP contribution in [-0.2, 0) is 6.42 Å². The molecule has 2 N–H and O–H groups in total. The highest BCUT2D eigenvalue weighted by atomic mass is 32.1. The number of nitrogens with one attached hydrogen (secondary N) is 2. The molecule has 0 bridgehead atoms. The molecule has 0 heterocycles. The van der Waals surface area contributed by atoms with Crippen molar-refractivity contribution in [2.45, 2.75) is 20.3 Å². The van der Waals surface area contributed by atoms with Crippen molar-refractivity contribution in [1.82, 2.24) is 5.32 Å². The van der Waals surface area contributed by atoms with Crippen LogP contribution < -0.4 is 10.6 Å². The molecule has 0 spiro atoms. The van der Waals surface area contributed by atoms with Gasteiger partial charge in [0.15, 0.2) is 0 Å². The summed E-state index contributed by atoms with van der Waals surface area (Å²) in [6.45, 7) is 4.47. The molecular formula is C18H20N2OS. The zero-order valence-electron chi connectivity index (χ0n) is 12.8. The number of rotatable bonds is 5. The lowest BCUT2D eigenvalue weighted by Gasteiger charge is -2.13. The molecule has 0 saturated carbocycles. The first-order valence-corrected chi connectivity index (χ1v) is 7.73. The van der Waals surface area contributed by atoms with Crippen LogP contribution in [0.1, 0.15) is 28.4 Å². The molecule has 2 rings (SSSR count). The molecule has 0 aliphatic heterocycles. The Labute approximate surface area is 136 Å². The van der Waals surface area contributed by atoms with Crippen LogP contribution in [0.2, 0.25) is 0 Å². The van der Waals surface area contributed by atoms with Crippen LogP contribution in [0.5, 0.6) is 0 Å². The average Bonchev–Trinajstić information content (AvgIpc) is 2.53. The monoisotopic (exact) mass is 312 g/mol. The highest BCUT2D eigenvalue weighted by Gasteiger charge is 2.07. The summed E-state index contributed by atoms with van der Waals surface area (Å²) in [5.74, 6) is -0.121. The number of anilines is 1. The lowest BCUT2D eigenvalue weighted by atomic mass is 10.1. The second-order valence-corrected chi connectivity index (χ2v) is 5.60. The molecule has 0 aliphatic carbocycles. The van der Waals surface area contributed by atoms with Crippen molar-refractivity contribution in [2.75, 3.05) is 11.9 Å².